The molecule has 1 heterocycles. The summed E-state index contributed by atoms with van der Waals surface area (Å²) in [4.78, 5) is 4.91. The fourth-order valence-corrected chi connectivity index (χ4v) is 3.54. The molecule has 0 spiro atoms. The van der Waals surface area contributed by atoms with E-state index in [1.807, 2.05) is 30.3 Å². The van der Waals surface area contributed by atoms with E-state index in [4.69, 9.17) is 0 Å². The molecule has 0 fully saturated rings. The second-order valence-electron chi connectivity index (χ2n) is 5.19. The van der Waals surface area contributed by atoms with E-state index in [1.165, 1.54) is 6.26 Å². The maximum absolute atomic E-state index is 11.6. The molecule has 5 nitrogen and oxygen atoms in total. The first kappa shape index (κ1) is 16.7. The molecule has 0 bridgehead atoms. The zero-order valence-corrected chi connectivity index (χ0v) is 15.0. The average molecular weight is 359 g/mol. The molecule has 3 aromatic rings. The molecule has 0 N–H and O–H groups in total. The van der Waals surface area contributed by atoms with Gasteiger partial charge in [-0.05, 0) is 30.0 Å². The second kappa shape index (κ2) is 6.78. The molecule has 0 saturated carbocycles. The van der Waals surface area contributed by atoms with Crippen LogP contribution in [0.25, 0.3) is 17.1 Å². The van der Waals surface area contributed by atoms with Gasteiger partial charge in [-0.15, -0.1) is 5.10 Å². The van der Waals surface area contributed by atoms with Crippen molar-refractivity contribution in [1.29, 1.82) is 0 Å². The summed E-state index contributed by atoms with van der Waals surface area (Å²) in [5.41, 5.74) is 1.73. The molecule has 2 aromatic carbocycles. The minimum atomic E-state index is -3.21. The van der Waals surface area contributed by atoms with Gasteiger partial charge in [-0.3, -0.25) is 0 Å². The fourth-order valence-electron chi connectivity index (χ4n) is 2.23. The van der Waals surface area contributed by atoms with Crippen molar-refractivity contribution >= 4 is 21.6 Å². The first-order valence-electron chi connectivity index (χ1n) is 7.45. The summed E-state index contributed by atoms with van der Waals surface area (Å²) in [6.07, 6.45) is 1.20. The van der Waals surface area contributed by atoms with Crippen LogP contribution < -0.4 is 0 Å². The second-order valence-corrected chi connectivity index (χ2v) is 8.44. The van der Waals surface area contributed by atoms with E-state index < -0.39 is 9.84 Å². The third kappa shape index (κ3) is 3.52. The summed E-state index contributed by atoms with van der Waals surface area (Å²) in [7, 11) is -3.21. The van der Waals surface area contributed by atoms with Gasteiger partial charge in [-0.1, -0.05) is 49.0 Å². The first-order chi connectivity index (χ1) is 11.5. The maximum Gasteiger partial charge on any atom is 0.191 e. The van der Waals surface area contributed by atoms with Crippen molar-refractivity contribution in [3.63, 3.8) is 0 Å². The van der Waals surface area contributed by atoms with Gasteiger partial charge in [0.1, 0.15) is 0 Å². The van der Waals surface area contributed by atoms with Crippen LogP contribution in [0.2, 0.25) is 0 Å². The predicted octanol–water partition coefficient (Wildman–Crippen LogP) is 3.45. The van der Waals surface area contributed by atoms with E-state index >= 15 is 0 Å². The molecule has 0 atom stereocenters. The summed E-state index contributed by atoms with van der Waals surface area (Å²) in [6, 6.07) is 16.5. The maximum atomic E-state index is 11.6. The highest BCUT2D eigenvalue weighted by atomic mass is 32.2. The molecule has 0 unspecified atom stereocenters. The molecule has 0 amide bonds. The van der Waals surface area contributed by atoms with E-state index in [2.05, 4.69) is 17.0 Å². The largest absolute Gasteiger partial charge is 0.224 e. The summed E-state index contributed by atoms with van der Waals surface area (Å²) < 4.78 is 25.0. The number of rotatable bonds is 5. The van der Waals surface area contributed by atoms with Crippen LogP contribution in [0.15, 0.2) is 64.6 Å². The minimum Gasteiger partial charge on any atom is -0.224 e. The predicted molar refractivity (Wildman–Crippen MR) is 96.3 cm³/mol. The lowest BCUT2D eigenvalue weighted by atomic mass is 10.2. The van der Waals surface area contributed by atoms with Crippen LogP contribution in [0.4, 0.5) is 0 Å². The monoisotopic (exact) mass is 359 g/mol. The molecule has 0 aliphatic heterocycles. The average Bonchev–Trinajstić information content (AvgIpc) is 2.99. The summed E-state index contributed by atoms with van der Waals surface area (Å²) >= 11 is 1.59. The molecule has 0 aliphatic carbocycles. The van der Waals surface area contributed by atoms with E-state index in [9.17, 15) is 8.42 Å². The highest BCUT2D eigenvalue weighted by Gasteiger charge is 2.14. The summed E-state index contributed by atoms with van der Waals surface area (Å²) in [6.45, 7) is 2.05. The smallest absolute Gasteiger partial charge is 0.191 e. The Balaban J connectivity index is 2.05. The summed E-state index contributed by atoms with van der Waals surface area (Å²) in [5.74, 6) is 1.52. The number of hydrogen-bond donors (Lipinski definition) is 0. The van der Waals surface area contributed by atoms with Crippen LogP contribution in [0, 0.1) is 0 Å². The molecule has 0 radical (unpaired) electrons. The third-order valence-electron chi connectivity index (χ3n) is 3.39. The van der Waals surface area contributed by atoms with Crippen LogP contribution in [0.1, 0.15) is 6.92 Å². The molecular weight excluding hydrogens is 342 g/mol. The minimum absolute atomic E-state index is 0.291. The number of hydrogen-bond acceptors (Lipinski definition) is 5. The van der Waals surface area contributed by atoms with Gasteiger partial charge in [0.2, 0.25) is 0 Å². The Hall–Kier alpha value is -2.12. The SMILES string of the molecule is CCSc1nc(-c2ccccc2)nn1-c1ccc(S(C)(=O)=O)cc1. The van der Waals surface area contributed by atoms with Crippen molar-refractivity contribution < 1.29 is 8.42 Å². The van der Waals surface area contributed by atoms with E-state index in [-0.39, 0.29) is 0 Å². The molecule has 7 heteroatoms. The van der Waals surface area contributed by atoms with Gasteiger partial charge in [0.05, 0.1) is 10.6 Å². The lowest BCUT2D eigenvalue weighted by Gasteiger charge is -2.05. The molecule has 0 saturated heterocycles. The quantitative estimate of drug-likeness (QED) is 0.653. The Morgan fingerprint density at radius 1 is 1.04 bits per heavy atom. The van der Waals surface area contributed by atoms with Crippen molar-refractivity contribution in [3.8, 4) is 17.1 Å². The Bertz CT molecular complexity index is 934. The Morgan fingerprint density at radius 2 is 1.71 bits per heavy atom. The zero-order chi connectivity index (χ0) is 17.2. The fraction of sp³-hybridized carbons (Fsp3) is 0.176. The van der Waals surface area contributed by atoms with Crippen LogP contribution in [-0.2, 0) is 9.84 Å². The van der Waals surface area contributed by atoms with Gasteiger partial charge >= 0.3 is 0 Å². The molecule has 24 heavy (non-hydrogen) atoms. The van der Waals surface area contributed by atoms with Crippen LogP contribution in [0.3, 0.4) is 0 Å². The molecule has 1 aromatic heterocycles. The van der Waals surface area contributed by atoms with Crippen molar-refractivity contribution in [2.75, 3.05) is 12.0 Å². The van der Waals surface area contributed by atoms with E-state index in [1.54, 1.807) is 40.7 Å². The molecule has 124 valence electrons. The number of sulfone groups is 1. The first-order valence-corrected chi connectivity index (χ1v) is 10.3. The zero-order valence-electron chi connectivity index (χ0n) is 13.4. The van der Waals surface area contributed by atoms with Crippen LogP contribution in [-0.4, -0.2) is 35.2 Å². The lowest BCUT2D eigenvalue weighted by molar-refractivity contribution is 0.602. The van der Waals surface area contributed by atoms with E-state index in [0.29, 0.717) is 10.7 Å². The van der Waals surface area contributed by atoms with Crippen LogP contribution in [0.5, 0.6) is 0 Å². The van der Waals surface area contributed by atoms with E-state index in [0.717, 1.165) is 22.2 Å². The lowest BCUT2D eigenvalue weighted by Crippen LogP contribution is -2.01. The van der Waals surface area contributed by atoms with Gasteiger partial charge < -0.3 is 0 Å². The Morgan fingerprint density at radius 3 is 2.29 bits per heavy atom. The van der Waals surface area contributed by atoms with Gasteiger partial charge in [0.25, 0.3) is 0 Å². The summed E-state index contributed by atoms with van der Waals surface area (Å²) in [5, 5.41) is 5.38. The number of nitrogens with zero attached hydrogens (tertiary/aromatic N) is 3. The highest BCUT2D eigenvalue weighted by molar-refractivity contribution is 7.99. The Labute approximate surface area is 145 Å². The standard InChI is InChI=1S/C17H17N3O2S2/c1-3-23-17-18-16(13-7-5-4-6-8-13)19-20(17)14-9-11-15(12-10-14)24(2,21)22/h4-12H,3H2,1-2H3. The highest BCUT2D eigenvalue weighted by Crippen LogP contribution is 2.25. The van der Waals surface area contributed by atoms with Gasteiger partial charge in [-0.2, -0.15) is 0 Å². The van der Waals surface area contributed by atoms with Gasteiger partial charge in [0, 0.05) is 11.8 Å². The van der Waals surface area contributed by atoms with Gasteiger partial charge in [0.15, 0.2) is 20.8 Å². The van der Waals surface area contributed by atoms with Crippen molar-refractivity contribution in [2.45, 2.75) is 17.0 Å². The number of benzene rings is 2. The Kier molecular flexibility index (Phi) is 4.73. The third-order valence-corrected chi connectivity index (χ3v) is 5.33. The number of thioether (sulfide) groups is 1. The number of aromatic nitrogens is 3. The van der Waals surface area contributed by atoms with Crippen LogP contribution >= 0.6 is 11.8 Å². The molecule has 3 rings (SSSR count). The normalized spacial score (nSPS) is 11.6. The van der Waals surface area contributed by atoms with Gasteiger partial charge in [-0.25, -0.2) is 18.1 Å². The molecule has 0 aliphatic rings. The topological polar surface area (TPSA) is 64.8 Å². The van der Waals surface area contributed by atoms with Crippen molar-refractivity contribution in [2.24, 2.45) is 0 Å². The molecular formula is C17H17N3O2S2. The van der Waals surface area contributed by atoms with Crippen molar-refractivity contribution in [1.82, 2.24) is 14.8 Å². The van der Waals surface area contributed by atoms with Crippen molar-refractivity contribution in [3.05, 3.63) is 54.6 Å².